The zero-order chi connectivity index (χ0) is 12.4. The van der Waals surface area contributed by atoms with Gasteiger partial charge in [-0.05, 0) is 37.1 Å². The van der Waals surface area contributed by atoms with Crippen molar-refractivity contribution >= 4 is 0 Å². The van der Waals surface area contributed by atoms with Gasteiger partial charge < -0.3 is 5.32 Å². The first-order valence-corrected chi connectivity index (χ1v) is 6.38. The Morgan fingerprint density at radius 2 is 2.17 bits per heavy atom. The van der Waals surface area contributed by atoms with Crippen LogP contribution in [-0.4, -0.2) is 26.8 Å². The average molecular weight is 243 g/mol. The predicted octanol–water partition coefficient (Wildman–Crippen LogP) is 1.45. The van der Waals surface area contributed by atoms with Gasteiger partial charge in [0, 0.05) is 0 Å². The average Bonchev–Trinajstić information content (AvgIpc) is 3.02. The van der Waals surface area contributed by atoms with Crippen LogP contribution >= 0.6 is 0 Å². The molecule has 2 aromatic rings. The van der Waals surface area contributed by atoms with E-state index in [9.17, 15) is 0 Å². The van der Waals surface area contributed by atoms with Crippen molar-refractivity contribution in [1.29, 1.82) is 0 Å². The van der Waals surface area contributed by atoms with Gasteiger partial charge in [-0.15, -0.1) is 10.2 Å². The van der Waals surface area contributed by atoms with E-state index >= 15 is 0 Å². The molecule has 0 amide bonds. The minimum Gasteiger partial charge on any atom is -0.307 e. The van der Waals surface area contributed by atoms with Crippen LogP contribution in [0.4, 0.5) is 0 Å². The summed E-state index contributed by atoms with van der Waals surface area (Å²) in [6.45, 7) is 3.82. The smallest absolute Gasteiger partial charge is 0.191 e. The molecular formula is C13H17N5. The molecule has 1 N–H and O–H groups in total. The number of aromatic nitrogens is 4. The lowest BCUT2D eigenvalue weighted by Crippen LogP contribution is -2.14. The molecule has 94 valence electrons. The van der Waals surface area contributed by atoms with Gasteiger partial charge in [-0.2, -0.15) is 4.80 Å². The van der Waals surface area contributed by atoms with Gasteiger partial charge in [-0.1, -0.05) is 29.8 Å². The Hall–Kier alpha value is -1.75. The zero-order valence-electron chi connectivity index (χ0n) is 10.5. The maximum Gasteiger partial charge on any atom is 0.191 e. The van der Waals surface area contributed by atoms with Crippen LogP contribution < -0.4 is 5.32 Å². The molecule has 0 saturated carbocycles. The molecule has 1 saturated heterocycles. The number of nitrogens with zero attached hydrogens (tertiary/aromatic N) is 4. The van der Waals surface area contributed by atoms with E-state index in [2.05, 4.69) is 51.9 Å². The fourth-order valence-corrected chi connectivity index (χ4v) is 2.22. The molecule has 5 heteroatoms. The number of tetrazole rings is 1. The molecule has 1 unspecified atom stereocenters. The van der Waals surface area contributed by atoms with E-state index < -0.39 is 0 Å². The van der Waals surface area contributed by atoms with Crippen LogP contribution in [0.5, 0.6) is 0 Å². The number of hydrogen-bond acceptors (Lipinski definition) is 4. The van der Waals surface area contributed by atoms with E-state index in [1.165, 1.54) is 17.5 Å². The van der Waals surface area contributed by atoms with Gasteiger partial charge in [0.05, 0.1) is 12.6 Å². The first-order valence-electron chi connectivity index (χ1n) is 6.38. The molecule has 0 spiro atoms. The molecule has 1 aliphatic rings. The standard InChI is InChI=1S/C13H17N5/c1-10-4-6-11(7-5-10)9-18-16-13(15-17-18)12-3-2-8-14-12/h4-7,12,14H,2-3,8-9H2,1H3. The molecule has 0 aliphatic carbocycles. The Kier molecular flexibility index (Phi) is 3.06. The lowest BCUT2D eigenvalue weighted by Gasteiger charge is -2.03. The second kappa shape index (κ2) is 4.86. The summed E-state index contributed by atoms with van der Waals surface area (Å²) >= 11 is 0. The maximum atomic E-state index is 4.44. The summed E-state index contributed by atoms with van der Waals surface area (Å²) in [4.78, 5) is 1.67. The van der Waals surface area contributed by atoms with Crippen LogP contribution in [-0.2, 0) is 6.54 Å². The topological polar surface area (TPSA) is 55.6 Å². The normalized spacial score (nSPS) is 19.3. The summed E-state index contributed by atoms with van der Waals surface area (Å²) in [5, 5.41) is 16.1. The lowest BCUT2D eigenvalue weighted by molar-refractivity contribution is 0.557. The third kappa shape index (κ3) is 2.41. The monoisotopic (exact) mass is 243 g/mol. The highest BCUT2D eigenvalue weighted by Crippen LogP contribution is 2.18. The van der Waals surface area contributed by atoms with Crippen molar-refractivity contribution in [3.8, 4) is 0 Å². The molecule has 5 nitrogen and oxygen atoms in total. The Morgan fingerprint density at radius 1 is 1.33 bits per heavy atom. The van der Waals surface area contributed by atoms with Crippen LogP contribution in [0.1, 0.15) is 35.8 Å². The Morgan fingerprint density at radius 3 is 2.89 bits per heavy atom. The van der Waals surface area contributed by atoms with Crippen LogP contribution in [0.25, 0.3) is 0 Å². The second-order valence-electron chi connectivity index (χ2n) is 4.81. The van der Waals surface area contributed by atoms with Crippen molar-refractivity contribution in [2.45, 2.75) is 32.4 Å². The van der Waals surface area contributed by atoms with Crippen LogP contribution in [0, 0.1) is 6.92 Å². The SMILES string of the molecule is Cc1ccc(Cn2nnc(C3CCCN3)n2)cc1. The number of nitrogens with one attached hydrogen (secondary N) is 1. The summed E-state index contributed by atoms with van der Waals surface area (Å²) < 4.78 is 0. The van der Waals surface area contributed by atoms with E-state index in [4.69, 9.17) is 0 Å². The summed E-state index contributed by atoms with van der Waals surface area (Å²) in [6.07, 6.45) is 2.30. The first kappa shape index (κ1) is 11.3. The Labute approximate surface area is 106 Å². The summed E-state index contributed by atoms with van der Waals surface area (Å²) in [7, 11) is 0. The quantitative estimate of drug-likeness (QED) is 0.886. The molecule has 1 aromatic heterocycles. The molecule has 2 heterocycles. The van der Waals surface area contributed by atoms with Gasteiger partial charge in [-0.25, -0.2) is 0 Å². The number of benzene rings is 1. The van der Waals surface area contributed by atoms with Gasteiger partial charge in [0.15, 0.2) is 5.82 Å². The highest BCUT2D eigenvalue weighted by molar-refractivity contribution is 5.21. The molecule has 1 fully saturated rings. The predicted molar refractivity (Wildman–Crippen MR) is 68.1 cm³/mol. The van der Waals surface area contributed by atoms with E-state index in [0.717, 1.165) is 18.8 Å². The highest BCUT2D eigenvalue weighted by atomic mass is 15.6. The first-order chi connectivity index (χ1) is 8.81. The molecule has 3 rings (SSSR count). The largest absolute Gasteiger partial charge is 0.307 e. The van der Waals surface area contributed by atoms with Gasteiger partial charge in [0.2, 0.25) is 0 Å². The molecule has 1 atom stereocenters. The van der Waals surface area contributed by atoms with Crippen LogP contribution in [0.3, 0.4) is 0 Å². The van der Waals surface area contributed by atoms with Crippen LogP contribution in [0.15, 0.2) is 24.3 Å². The van der Waals surface area contributed by atoms with Gasteiger partial charge in [0.25, 0.3) is 0 Å². The number of hydrogen-bond donors (Lipinski definition) is 1. The zero-order valence-corrected chi connectivity index (χ0v) is 10.5. The van der Waals surface area contributed by atoms with Gasteiger partial charge in [-0.3, -0.25) is 0 Å². The summed E-state index contributed by atoms with van der Waals surface area (Å²) in [6, 6.07) is 8.70. The number of rotatable bonds is 3. The molecule has 0 bridgehead atoms. The molecule has 0 radical (unpaired) electrons. The summed E-state index contributed by atoms with van der Waals surface area (Å²) in [5.41, 5.74) is 2.46. The minimum absolute atomic E-state index is 0.289. The van der Waals surface area contributed by atoms with E-state index in [-0.39, 0.29) is 6.04 Å². The fraction of sp³-hybridized carbons (Fsp3) is 0.462. The van der Waals surface area contributed by atoms with Crippen molar-refractivity contribution in [2.75, 3.05) is 6.54 Å². The molecule has 18 heavy (non-hydrogen) atoms. The molecule has 1 aliphatic heterocycles. The Balaban J connectivity index is 1.71. The molecular weight excluding hydrogens is 226 g/mol. The Bertz CT molecular complexity index is 510. The second-order valence-corrected chi connectivity index (χ2v) is 4.81. The van der Waals surface area contributed by atoms with Crippen molar-refractivity contribution in [1.82, 2.24) is 25.5 Å². The van der Waals surface area contributed by atoms with Crippen molar-refractivity contribution in [3.05, 3.63) is 41.2 Å². The number of aryl methyl sites for hydroxylation is 1. The summed E-state index contributed by atoms with van der Waals surface area (Å²) in [5.74, 6) is 0.819. The third-order valence-electron chi connectivity index (χ3n) is 3.28. The minimum atomic E-state index is 0.289. The fourth-order valence-electron chi connectivity index (χ4n) is 2.22. The van der Waals surface area contributed by atoms with Crippen molar-refractivity contribution in [2.24, 2.45) is 0 Å². The van der Waals surface area contributed by atoms with E-state index in [1.807, 2.05) is 0 Å². The highest BCUT2D eigenvalue weighted by Gasteiger charge is 2.20. The van der Waals surface area contributed by atoms with Crippen molar-refractivity contribution in [3.63, 3.8) is 0 Å². The molecule has 1 aromatic carbocycles. The van der Waals surface area contributed by atoms with Crippen molar-refractivity contribution < 1.29 is 0 Å². The van der Waals surface area contributed by atoms with Gasteiger partial charge in [0.1, 0.15) is 0 Å². The van der Waals surface area contributed by atoms with Crippen LogP contribution in [0.2, 0.25) is 0 Å². The van der Waals surface area contributed by atoms with Gasteiger partial charge >= 0.3 is 0 Å². The lowest BCUT2D eigenvalue weighted by atomic mass is 10.1. The van der Waals surface area contributed by atoms with E-state index in [0.29, 0.717) is 6.54 Å². The third-order valence-corrected chi connectivity index (χ3v) is 3.28. The maximum absolute atomic E-state index is 4.44. The van der Waals surface area contributed by atoms with E-state index in [1.54, 1.807) is 4.80 Å².